The Bertz CT molecular complexity index is 452. The van der Waals surface area contributed by atoms with Gasteiger partial charge in [-0.15, -0.1) is 0 Å². The molecule has 176 valence electrons. The summed E-state index contributed by atoms with van der Waals surface area (Å²) in [6.07, 6.45) is 2.00. The molecule has 0 aromatic rings. The SMILES string of the molecule is CCC(N)CNCCC[Si](C)(O[Si](C)(C)O[Si](C)(C)C)O[Si](C)(C)O[Si](C)(C)C. The highest BCUT2D eigenvalue weighted by Gasteiger charge is 2.46. The predicted octanol–water partition coefficient (Wildman–Crippen LogP) is 4.92. The molecule has 29 heavy (non-hydrogen) atoms. The lowest BCUT2D eigenvalue weighted by atomic mass is 10.2. The Balaban J connectivity index is 5.20. The Morgan fingerprint density at radius 1 is 0.724 bits per heavy atom. The molecule has 0 heterocycles. The third-order valence-electron chi connectivity index (χ3n) is 3.94. The van der Waals surface area contributed by atoms with Crippen LogP contribution in [0, 0.1) is 0 Å². The van der Waals surface area contributed by atoms with Crippen molar-refractivity contribution in [3.8, 4) is 0 Å². The van der Waals surface area contributed by atoms with E-state index in [1.807, 2.05) is 0 Å². The molecule has 0 aromatic carbocycles. The zero-order valence-corrected chi connectivity index (χ0v) is 26.3. The minimum absolute atomic E-state index is 0.221. The van der Waals surface area contributed by atoms with Crippen LogP contribution in [0.15, 0.2) is 0 Å². The highest BCUT2D eigenvalue weighted by Crippen LogP contribution is 2.29. The molecule has 11 heteroatoms. The maximum absolute atomic E-state index is 6.79. The summed E-state index contributed by atoms with van der Waals surface area (Å²) in [5.74, 6) is 0. The Morgan fingerprint density at radius 2 is 1.14 bits per heavy atom. The molecule has 0 radical (unpaired) electrons. The number of hydrogen-bond donors (Lipinski definition) is 2. The van der Waals surface area contributed by atoms with Gasteiger partial charge < -0.3 is 27.5 Å². The van der Waals surface area contributed by atoms with Gasteiger partial charge in [-0.3, -0.25) is 0 Å². The van der Waals surface area contributed by atoms with E-state index in [1.165, 1.54) is 0 Å². The molecule has 1 unspecified atom stereocenters. The fourth-order valence-corrected chi connectivity index (χ4v) is 27.0. The van der Waals surface area contributed by atoms with Gasteiger partial charge in [0, 0.05) is 12.6 Å². The summed E-state index contributed by atoms with van der Waals surface area (Å²) in [6, 6.07) is 1.15. The van der Waals surface area contributed by atoms with E-state index in [0.717, 1.165) is 32.0 Å². The van der Waals surface area contributed by atoms with Crippen molar-refractivity contribution < 1.29 is 16.5 Å². The number of rotatable bonds is 15. The second-order valence-electron chi connectivity index (χ2n) is 11.0. The van der Waals surface area contributed by atoms with Crippen molar-refractivity contribution in [2.75, 3.05) is 13.1 Å². The molecule has 6 nitrogen and oxygen atoms in total. The third kappa shape index (κ3) is 16.2. The van der Waals surface area contributed by atoms with Gasteiger partial charge in [0.2, 0.25) is 0 Å². The maximum atomic E-state index is 6.79. The second-order valence-corrected chi connectivity index (χ2v) is 31.1. The Morgan fingerprint density at radius 3 is 1.48 bits per heavy atom. The molecule has 0 aromatic heterocycles. The normalized spacial score (nSPS) is 15.6. The molecule has 0 spiro atoms. The van der Waals surface area contributed by atoms with Gasteiger partial charge in [-0.25, -0.2) is 0 Å². The minimum Gasteiger partial charge on any atom is -0.437 e. The monoisotopic (exact) mass is 498 g/mol. The lowest BCUT2D eigenvalue weighted by Crippen LogP contribution is -2.59. The first-order valence-corrected chi connectivity index (χ1v) is 26.0. The summed E-state index contributed by atoms with van der Waals surface area (Å²) in [5, 5.41) is 3.47. The summed E-state index contributed by atoms with van der Waals surface area (Å²) in [7, 11) is -10.4. The van der Waals surface area contributed by atoms with Gasteiger partial charge in [-0.05, 0) is 97.4 Å². The van der Waals surface area contributed by atoms with E-state index in [0.29, 0.717) is 0 Å². The fourth-order valence-electron chi connectivity index (χ4n) is 3.65. The van der Waals surface area contributed by atoms with Gasteiger partial charge in [0.15, 0.2) is 16.6 Å². The van der Waals surface area contributed by atoms with Crippen molar-refractivity contribution in [2.24, 2.45) is 5.73 Å². The van der Waals surface area contributed by atoms with Crippen LogP contribution >= 0.6 is 0 Å². The molecule has 0 saturated heterocycles. The first kappa shape index (κ1) is 29.8. The summed E-state index contributed by atoms with van der Waals surface area (Å²) >= 11 is 0. The van der Waals surface area contributed by atoms with Crippen molar-refractivity contribution in [3.05, 3.63) is 0 Å². The van der Waals surface area contributed by atoms with Crippen LogP contribution in [0.3, 0.4) is 0 Å². The van der Waals surface area contributed by atoms with E-state index in [4.69, 9.17) is 22.2 Å². The molecule has 0 aliphatic rings. The van der Waals surface area contributed by atoms with Crippen LogP contribution in [-0.4, -0.2) is 61.4 Å². The second kappa shape index (κ2) is 11.6. The van der Waals surface area contributed by atoms with Crippen LogP contribution in [0.5, 0.6) is 0 Å². The summed E-state index contributed by atoms with van der Waals surface area (Å²) < 4.78 is 26.5. The number of nitrogens with two attached hydrogens (primary N) is 1. The summed E-state index contributed by atoms with van der Waals surface area (Å²) in [6.45, 7) is 28.1. The van der Waals surface area contributed by atoms with Crippen LogP contribution < -0.4 is 11.1 Å². The Labute approximate surface area is 186 Å². The maximum Gasteiger partial charge on any atom is 0.317 e. The fraction of sp³-hybridized carbons (Fsp3) is 1.00. The van der Waals surface area contributed by atoms with Gasteiger partial charge in [-0.2, -0.15) is 0 Å². The highest BCUT2D eigenvalue weighted by atomic mass is 28.5. The van der Waals surface area contributed by atoms with Crippen molar-refractivity contribution in [3.63, 3.8) is 0 Å². The van der Waals surface area contributed by atoms with Gasteiger partial charge in [-0.1, -0.05) is 6.92 Å². The zero-order chi connectivity index (χ0) is 23.1. The quantitative estimate of drug-likeness (QED) is 0.247. The van der Waals surface area contributed by atoms with E-state index >= 15 is 0 Å². The van der Waals surface area contributed by atoms with E-state index in [-0.39, 0.29) is 6.04 Å². The Kier molecular flexibility index (Phi) is 12.0. The molecule has 3 N–H and O–H groups in total. The zero-order valence-electron chi connectivity index (χ0n) is 21.3. The largest absolute Gasteiger partial charge is 0.437 e. The van der Waals surface area contributed by atoms with Crippen LogP contribution in [0.2, 0.25) is 78.1 Å². The van der Waals surface area contributed by atoms with Gasteiger partial charge >= 0.3 is 25.7 Å². The van der Waals surface area contributed by atoms with E-state index in [1.54, 1.807) is 0 Å². The van der Waals surface area contributed by atoms with E-state index in [9.17, 15) is 0 Å². The van der Waals surface area contributed by atoms with Crippen molar-refractivity contribution in [1.82, 2.24) is 5.32 Å². The van der Waals surface area contributed by atoms with Crippen molar-refractivity contribution >= 4 is 42.3 Å². The lowest BCUT2D eigenvalue weighted by Gasteiger charge is -2.43. The molecular weight excluding hydrogens is 449 g/mol. The molecule has 0 aliphatic heterocycles. The summed E-state index contributed by atoms with van der Waals surface area (Å²) in [4.78, 5) is 0. The van der Waals surface area contributed by atoms with Crippen LogP contribution in [0.4, 0.5) is 0 Å². The highest BCUT2D eigenvalue weighted by molar-refractivity contribution is 6.90. The van der Waals surface area contributed by atoms with E-state index < -0.39 is 42.3 Å². The van der Waals surface area contributed by atoms with Gasteiger partial charge in [0.1, 0.15) is 0 Å². The Hall–Kier alpha value is 0.844. The van der Waals surface area contributed by atoms with Crippen LogP contribution in [-0.2, 0) is 16.5 Å². The average molecular weight is 499 g/mol. The molecule has 0 fully saturated rings. The molecule has 0 bridgehead atoms. The minimum atomic E-state index is -2.46. The standard InChI is InChI=1S/C18H50N2O4Si5/c1-13-18(19)17-20-15-14-16-29(12,23-27(8,9)21-25(2,3)4)24-28(10,11)22-26(5,6)7/h18,20H,13-17,19H2,1-12H3. The van der Waals surface area contributed by atoms with Crippen molar-refractivity contribution in [2.45, 2.75) is 104 Å². The lowest BCUT2D eigenvalue weighted by molar-refractivity contribution is 0.292. The van der Waals surface area contributed by atoms with Crippen LogP contribution in [0.1, 0.15) is 19.8 Å². The van der Waals surface area contributed by atoms with Gasteiger partial charge in [0.25, 0.3) is 0 Å². The first-order chi connectivity index (χ1) is 12.8. The molecule has 0 aliphatic carbocycles. The van der Waals surface area contributed by atoms with Crippen molar-refractivity contribution in [1.29, 1.82) is 0 Å². The smallest absolute Gasteiger partial charge is 0.317 e. The topological polar surface area (TPSA) is 75.0 Å². The average Bonchev–Trinajstić information content (AvgIpc) is 2.39. The first-order valence-electron chi connectivity index (χ1n) is 11.1. The van der Waals surface area contributed by atoms with E-state index in [2.05, 4.69) is 84.3 Å². The molecule has 0 saturated carbocycles. The summed E-state index contributed by atoms with van der Waals surface area (Å²) in [5.41, 5.74) is 6.01. The number of hydrogen-bond acceptors (Lipinski definition) is 6. The molecule has 0 amide bonds. The predicted molar refractivity (Wildman–Crippen MR) is 138 cm³/mol. The molecule has 0 rings (SSSR count). The third-order valence-corrected chi connectivity index (χ3v) is 21.4. The molecule has 1 atom stereocenters. The molecular formula is C18H50N2O4Si5. The van der Waals surface area contributed by atoms with Gasteiger partial charge in [0.05, 0.1) is 0 Å². The number of nitrogens with one attached hydrogen (secondary N) is 1. The van der Waals surface area contributed by atoms with Crippen LogP contribution in [0.25, 0.3) is 0 Å².